The van der Waals surface area contributed by atoms with Crippen LogP contribution in [0, 0.1) is 0 Å². The van der Waals surface area contributed by atoms with E-state index in [1.807, 2.05) is 0 Å². The van der Waals surface area contributed by atoms with Crippen molar-refractivity contribution in [1.82, 2.24) is 14.5 Å². The molecule has 2 rings (SSSR count). The fraction of sp³-hybridized carbons (Fsp3) is 0.273. The molecular weight excluding hydrogens is 366 g/mol. The third-order valence-corrected chi connectivity index (χ3v) is 4.94. The number of aromatic carboxylic acids is 1. The van der Waals surface area contributed by atoms with Crippen LogP contribution in [0.5, 0.6) is 0 Å². The number of hydrogen-bond acceptors (Lipinski definition) is 5. The molecule has 0 aliphatic rings. The summed E-state index contributed by atoms with van der Waals surface area (Å²) in [5.41, 5.74) is 0.887. The molecule has 2 N–H and O–H groups in total. The zero-order chi connectivity index (χ0) is 15.6. The standard InChI is InChI=1S/C11H12BrN3O5S/c1-15-6-7(5-13-15)2-3-14-21(18,19)9-4-8(11(16)17)20-10(9)12/h4-6,14H,2-3H2,1H3,(H,16,17). The number of carbonyl (C=O) groups is 1. The fourth-order valence-electron chi connectivity index (χ4n) is 1.65. The molecule has 114 valence electrons. The molecule has 0 atom stereocenters. The van der Waals surface area contributed by atoms with Gasteiger partial charge in [-0.05, 0) is 27.9 Å². The van der Waals surface area contributed by atoms with Gasteiger partial charge in [-0.2, -0.15) is 5.10 Å². The first-order chi connectivity index (χ1) is 9.79. The van der Waals surface area contributed by atoms with E-state index in [0.717, 1.165) is 11.6 Å². The van der Waals surface area contributed by atoms with Crippen LogP contribution < -0.4 is 4.72 Å². The third kappa shape index (κ3) is 3.71. The largest absolute Gasteiger partial charge is 0.475 e. The minimum absolute atomic E-state index is 0.145. The average molecular weight is 378 g/mol. The maximum absolute atomic E-state index is 12.1. The highest BCUT2D eigenvalue weighted by Crippen LogP contribution is 2.25. The van der Waals surface area contributed by atoms with Crippen LogP contribution in [0.4, 0.5) is 0 Å². The summed E-state index contributed by atoms with van der Waals surface area (Å²) in [6, 6.07) is 0.957. The Morgan fingerprint density at radius 3 is 2.81 bits per heavy atom. The molecule has 0 fully saturated rings. The third-order valence-electron chi connectivity index (χ3n) is 2.62. The van der Waals surface area contributed by atoms with Crippen LogP contribution in [0.15, 0.2) is 32.4 Å². The van der Waals surface area contributed by atoms with Gasteiger partial charge in [0.2, 0.25) is 15.8 Å². The van der Waals surface area contributed by atoms with E-state index in [2.05, 4.69) is 25.8 Å². The van der Waals surface area contributed by atoms with Gasteiger partial charge < -0.3 is 9.52 Å². The lowest BCUT2D eigenvalue weighted by molar-refractivity contribution is 0.0661. The van der Waals surface area contributed by atoms with Crippen LogP contribution in [0.2, 0.25) is 0 Å². The number of carboxylic acids is 1. The lowest BCUT2D eigenvalue weighted by Crippen LogP contribution is -2.25. The summed E-state index contributed by atoms with van der Waals surface area (Å²) in [6.07, 6.45) is 3.89. The molecule has 2 aromatic rings. The van der Waals surface area contributed by atoms with Gasteiger partial charge in [-0.15, -0.1) is 0 Å². The topological polar surface area (TPSA) is 114 Å². The molecule has 21 heavy (non-hydrogen) atoms. The Kier molecular flexibility index (Phi) is 4.49. The van der Waals surface area contributed by atoms with Crippen LogP contribution in [-0.4, -0.2) is 35.8 Å². The molecule has 0 aromatic carbocycles. The average Bonchev–Trinajstić information content (AvgIpc) is 2.96. The van der Waals surface area contributed by atoms with Crippen molar-refractivity contribution >= 4 is 31.9 Å². The van der Waals surface area contributed by atoms with Crippen molar-refractivity contribution in [3.8, 4) is 0 Å². The zero-order valence-electron chi connectivity index (χ0n) is 10.9. The predicted molar refractivity (Wildman–Crippen MR) is 75.5 cm³/mol. The summed E-state index contributed by atoms with van der Waals surface area (Å²) >= 11 is 2.90. The molecule has 0 bridgehead atoms. The number of nitrogens with zero attached hydrogens (tertiary/aromatic N) is 2. The van der Waals surface area contributed by atoms with Gasteiger partial charge in [-0.25, -0.2) is 17.9 Å². The van der Waals surface area contributed by atoms with Crippen molar-refractivity contribution in [2.45, 2.75) is 11.3 Å². The van der Waals surface area contributed by atoms with Crippen molar-refractivity contribution in [2.24, 2.45) is 7.05 Å². The van der Waals surface area contributed by atoms with E-state index in [9.17, 15) is 13.2 Å². The van der Waals surface area contributed by atoms with E-state index in [4.69, 9.17) is 9.52 Å². The van der Waals surface area contributed by atoms with Gasteiger partial charge in [0.05, 0.1) is 6.20 Å². The van der Waals surface area contributed by atoms with Crippen LogP contribution >= 0.6 is 15.9 Å². The van der Waals surface area contributed by atoms with Crippen molar-refractivity contribution in [3.63, 3.8) is 0 Å². The monoisotopic (exact) mass is 377 g/mol. The van der Waals surface area contributed by atoms with E-state index in [1.165, 1.54) is 0 Å². The molecule has 0 radical (unpaired) electrons. The normalized spacial score (nSPS) is 11.7. The highest BCUT2D eigenvalue weighted by Gasteiger charge is 2.24. The highest BCUT2D eigenvalue weighted by molar-refractivity contribution is 9.10. The first kappa shape index (κ1) is 15.7. The lowest BCUT2D eigenvalue weighted by atomic mass is 10.3. The molecule has 0 unspecified atom stereocenters. The SMILES string of the molecule is Cn1cc(CCNS(=O)(=O)c2cc(C(=O)O)oc2Br)cn1. The number of carboxylic acid groups (broad SMARTS) is 1. The quantitative estimate of drug-likeness (QED) is 0.775. The summed E-state index contributed by atoms with van der Waals surface area (Å²) in [4.78, 5) is 10.5. The fourth-order valence-corrected chi connectivity index (χ4v) is 3.62. The first-order valence-electron chi connectivity index (χ1n) is 5.79. The molecule has 0 aliphatic heterocycles. The van der Waals surface area contributed by atoms with Crippen molar-refractivity contribution in [3.05, 3.63) is 34.5 Å². The van der Waals surface area contributed by atoms with E-state index in [-0.39, 0.29) is 16.1 Å². The van der Waals surface area contributed by atoms with E-state index < -0.39 is 21.8 Å². The number of sulfonamides is 1. The van der Waals surface area contributed by atoms with Crippen molar-refractivity contribution in [2.75, 3.05) is 6.54 Å². The molecule has 0 saturated heterocycles. The Labute approximate surface area is 128 Å². The Balaban J connectivity index is 2.06. The number of rotatable bonds is 6. The maximum Gasteiger partial charge on any atom is 0.371 e. The van der Waals surface area contributed by atoms with Gasteiger partial charge in [0, 0.05) is 25.9 Å². The number of hydrogen-bond donors (Lipinski definition) is 2. The zero-order valence-corrected chi connectivity index (χ0v) is 13.3. The Bertz CT molecular complexity index is 765. The van der Waals surface area contributed by atoms with Crippen molar-refractivity contribution in [1.29, 1.82) is 0 Å². The number of aryl methyl sites for hydroxylation is 1. The maximum atomic E-state index is 12.1. The number of aromatic nitrogens is 2. The number of halogens is 1. The van der Waals surface area contributed by atoms with Gasteiger partial charge in [0.15, 0.2) is 4.67 Å². The summed E-state index contributed by atoms with van der Waals surface area (Å²) < 4.78 is 32.8. The Morgan fingerprint density at radius 1 is 1.57 bits per heavy atom. The summed E-state index contributed by atoms with van der Waals surface area (Å²) in [7, 11) is -2.08. The van der Waals surface area contributed by atoms with E-state index >= 15 is 0 Å². The van der Waals surface area contributed by atoms with E-state index in [1.54, 1.807) is 24.1 Å². The van der Waals surface area contributed by atoms with Gasteiger partial charge in [-0.3, -0.25) is 4.68 Å². The number of furan rings is 1. The Morgan fingerprint density at radius 2 is 2.29 bits per heavy atom. The lowest BCUT2D eigenvalue weighted by Gasteiger charge is -2.03. The van der Waals surface area contributed by atoms with Gasteiger partial charge in [0.25, 0.3) is 0 Å². The summed E-state index contributed by atoms with van der Waals surface area (Å²) in [5.74, 6) is -1.79. The van der Waals surface area contributed by atoms with Gasteiger partial charge in [0.1, 0.15) is 4.90 Å². The van der Waals surface area contributed by atoms with Crippen molar-refractivity contribution < 1.29 is 22.7 Å². The Hall–Kier alpha value is -1.65. The number of nitrogens with one attached hydrogen (secondary N) is 1. The minimum atomic E-state index is -3.85. The van der Waals surface area contributed by atoms with E-state index in [0.29, 0.717) is 6.42 Å². The molecular formula is C11H12BrN3O5S. The van der Waals surface area contributed by atoms with Crippen LogP contribution in [0.25, 0.3) is 0 Å². The molecule has 0 aliphatic carbocycles. The van der Waals surface area contributed by atoms with Gasteiger partial charge in [-0.1, -0.05) is 0 Å². The summed E-state index contributed by atoms with van der Waals surface area (Å²) in [5, 5.41) is 12.8. The smallest absolute Gasteiger partial charge is 0.371 e. The minimum Gasteiger partial charge on any atom is -0.475 e. The molecule has 0 saturated carbocycles. The molecule has 0 amide bonds. The molecule has 2 aromatic heterocycles. The molecule has 2 heterocycles. The van der Waals surface area contributed by atoms with Gasteiger partial charge >= 0.3 is 5.97 Å². The van der Waals surface area contributed by atoms with Crippen LogP contribution in [0.3, 0.4) is 0 Å². The molecule has 0 spiro atoms. The van der Waals surface area contributed by atoms with Crippen LogP contribution in [0.1, 0.15) is 16.1 Å². The van der Waals surface area contributed by atoms with Crippen LogP contribution in [-0.2, 0) is 23.5 Å². The second kappa shape index (κ2) is 6.00. The summed E-state index contributed by atoms with van der Waals surface area (Å²) in [6.45, 7) is 0.161. The first-order valence-corrected chi connectivity index (χ1v) is 8.07. The highest BCUT2D eigenvalue weighted by atomic mass is 79.9. The second-order valence-corrected chi connectivity index (χ2v) is 6.68. The second-order valence-electron chi connectivity index (χ2n) is 4.22. The predicted octanol–water partition coefficient (Wildman–Crippen LogP) is 0.995. The molecule has 8 nitrogen and oxygen atoms in total. The molecule has 10 heteroatoms.